The second-order valence-corrected chi connectivity index (χ2v) is 4.92. The first-order chi connectivity index (χ1) is 9.95. The highest BCUT2D eigenvalue weighted by Crippen LogP contribution is 2.17. The van der Waals surface area contributed by atoms with Gasteiger partial charge in [-0.25, -0.2) is 4.79 Å². The van der Waals surface area contributed by atoms with Crippen molar-refractivity contribution in [1.82, 2.24) is 0 Å². The van der Waals surface area contributed by atoms with E-state index in [4.69, 9.17) is 38.0 Å². The average Bonchev–Trinajstić information content (AvgIpc) is 2.43. The Morgan fingerprint density at radius 3 is 2.38 bits per heavy atom. The van der Waals surface area contributed by atoms with Crippen LogP contribution < -0.4 is 15.5 Å². The number of rotatable bonds is 3. The summed E-state index contributed by atoms with van der Waals surface area (Å²) in [6, 6.07) is 10.6. The normalized spacial score (nSPS) is 10.1. The van der Waals surface area contributed by atoms with Crippen LogP contribution in [0.1, 0.15) is 0 Å². The minimum atomic E-state index is -1.73. The Hall–Kier alpha value is -1.73. The molecule has 0 radical (unpaired) electrons. The molecule has 0 saturated heterocycles. The van der Waals surface area contributed by atoms with Crippen molar-refractivity contribution in [2.75, 3.05) is 5.32 Å². The maximum Gasteiger partial charge on any atom is 0.490 e. The third kappa shape index (κ3) is 4.37. The van der Waals surface area contributed by atoms with Gasteiger partial charge in [0.05, 0.1) is 0 Å². The van der Waals surface area contributed by atoms with Crippen molar-refractivity contribution in [2.24, 2.45) is 0 Å². The van der Waals surface area contributed by atoms with Crippen molar-refractivity contribution in [2.45, 2.75) is 0 Å². The quantitative estimate of drug-likeness (QED) is 0.756. The van der Waals surface area contributed by atoms with E-state index in [1.807, 2.05) is 0 Å². The molecule has 0 unspecified atom stereocenters. The topological polar surface area (TPSA) is 78.8 Å². The van der Waals surface area contributed by atoms with Gasteiger partial charge in [-0.05, 0) is 42.5 Å². The Bertz CT molecular complexity index is 649. The third-order valence-electron chi connectivity index (χ3n) is 2.54. The zero-order valence-electron chi connectivity index (χ0n) is 10.6. The van der Waals surface area contributed by atoms with Crippen LogP contribution in [0, 0.1) is 0 Å². The molecule has 8 heteroatoms. The molecule has 21 heavy (non-hydrogen) atoms. The van der Waals surface area contributed by atoms with Gasteiger partial charge in [0.1, 0.15) is 5.75 Å². The van der Waals surface area contributed by atoms with Gasteiger partial charge in [-0.2, -0.15) is 0 Å². The minimum Gasteiger partial charge on any atom is -0.423 e. The lowest BCUT2D eigenvalue weighted by Gasteiger charge is -2.09. The molecule has 3 N–H and O–H groups in total. The Morgan fingerprint density at radius 1 is 1.10 bits per heavy atom. The van der Waals surface area contributed by atoms with Crippen LogP contribution in [0.4, 0.5) is 10.5 Å². The molecular weight excluding hydrogens is 316 g/mol. The minimum absolute atomic E-state index is 0.0842. The number of ether oxygens (including phenoxy) is 1. The molecule has 2 rings (SSSR count). The van der Waals surface area contributed by atoms with E-state index in [9.17, 15) is 4.79 Å². The van der Waals surface area contributed by atoms with Gasteiger partial charge in [-0.15, -0.1) is 0 Å². The van der Waals surface area contributed by atoms with E-state index in [0.717, 1.165) is 0 Å². The van der Waals surface area contributed by atoms with Crippen molar-refractivity contribution >= 4 is 47.6 Å². The summed E-state index contributed by atoms with van der Waals surface area (Å²) in [7, 11) is -1.73. The van der Waals surface area contributed by atoms with Gasteiger partial charge in [0.2, 0.25) is 0 Å². The smallest absolute Gasteiger partial charge is 0.423 e. The number of amides is 1. The lowest BCUT2D eigenvalue weighted by Crippen LogP contribution is -2.31. The van der Waals surface area contributed by atoms with E-state index in [1.165, 1.54) is 18.2 Å². The first-order valence-corrected chi connectivity index (χ1v) is 6.61. The molecule has 0 bridgehead atoms. The van der Waals surface area contributed by atoms with Crippen LogP contribution in [-0.2, 0) is 0 Å². The Labute approximate surface area is 131 Å². The van der Waals surface area contributed by atoms with Crippen LogP contribution >= 0.6 is 23.2 Å². The maximum atomic E-state index is 11.7. The summed E-state index contributed by atoms with van der Waals surface area (Å²) in [5, 5.41) is 21.4. The standard InChI is InChI=1S/C13H10BCl2NO4/c15-8-1-4-10(5-2-8)21-13(18)17-9-3-6-12(16)11(7-9)14(19)20/h1-7,19-20H,(H,17,18). The summed E-state index contributed by atoms with van der Waals surface area (Å²) in [5.41, 5.74) is 0.405. The van der Waals surface area contributed by atoms with E-state index in [1.54, 1.807) is 24.3 Å². The summed E-state index contributed by atoms with van der Waals surface area (Å²) < 4.78 is 5.04. The summed E-state index contributed by atoms with van der Waals surface area (Å²) in [4.78, 5) is 11.7. The SMILES string of the molecule is O=C(Nc1ccc(Cl)c(B(O)O)c1)Oc1ccc(Cl)cc1. The van der Waals surface area contributed by atoms with E-state index in [0.29, 0.717) is 16.5 Å². The highest BCUT2D eigenvalue weighted by molar-refractivity contribution is 6.62. The number of hydrogen-bond donors (Lipinski definition) is 3. The first-order valence-electron chi connectivity index (χ1n) is 5.85. The number of benzene rings is 2. The summed E-state index contributed by atoms with van der Waals surface area (Å²) in [6.07, 6.45) is -0.724. The molecule has 0 heterocycles. The van der Waals surface area contributed by atoms with Crippen LogP contribution in [0.5, 0.6) is 5.75 Å². The molecule has 0 aliphatic heterocycles. The largest absolute Gasteiger partial charge is 0.490 e. The Kier molecular flexibility index (Phi) is 5.09. The van der Waals surface area contributed by atoms with Gasteiger partial charge in [-0.1, -0.05) is 23.2 Å². The molecule has 0 spiro atoms. The van der Waals surface area contributed by atoms with Crippen molar-refractivity contribution < 1.29 is 19.6 Å². The molecule has 0 aliphatic carbocycles. The lowest BCUT2D eigenvalue weighted by molar-refractivity contribution is 0.215. The highest BCUT2D eigenvalue weighted by Gasteiger charge is 2.16. The van der Waals surface area contributed by atoms with Gasteiger partial charge < -0.3 is 14.8 Å². The Balaban J connectivity index is 2.06. The fourth-order valence-corrected chi connectivity index (χ4v) is 1.91. The highest BCUT2D eigenvalue weighted by atomic mass is 35.5. The van der Waals surface area contributed by atoms with E-state index >= 15 is 0 Å². The molecule has 0 saturated carbocycles. The maximum absolute atomic E-state index is 11.7. The van der Waals surface area contributed by atoms with Crippen LogP contribution in [0.2, 0.25) is 10.0 Å². The summed E-state index contributed by atoms with van der Waals surface area (Å²) in [5.74, 6) is 0.327. The molecule has 0 aliphatic rings. The molecule has 108 valence electrons. The van der Waals surface area contributed by atoms with Gasteiger partial charge in [-0.3, -0.25) is 5.32 Å². The van der Waals surface area contributed by atoms with Gasteiger partial charge in [0.25, 0.3) is 0 Å². The van der Waals surface area contributed by atoms with Crippen molar-refractivity contribution in [3.8, 4) is 5.75 Å². The number of nitrogens with one attached hydrogen (secondary N) is 1. The fourth-order valence-electron chi connectivity index (χ4n) is 1.57. The van der Waals surface area contributed by atoms with Crippen molar-refractivity contribution in [3.63, 3.8) is 0 Å². The number of hydrogen-bond acceptors (Lipinski definition) is 4. The fraction of sp³-hybridized carbons (Fsp3) is 0. The van der Waals surface area contributed by atoms with E-state index < -0.39 is 13.2 Å². The molecule has 2 aromatic carbocycles. The number of carbonyl (C=O) groups excluding carboxylic acids is 1. The zero-order chi connectivity index (χ0) is 15.4. The number of carbonyl (C=O) groups is 1. The molecule has 0 aromatic heterocycles. The predicted molar refractivity (Wildman–Crippen MR) is 82.4 cm³/mol. The predicted octanol–water partition coefficient (Wildman–Crippen LogP) is 2.28. The van der Waals surface area contributed by atoms with E-state index in [-0.39, 0.29) is 10.5 Å². The van der Waals surface area contributed by atoms with Gasteiger partial charge >= 0.3 is 13.2 Å². The van der Waals surface area contributed by atoms with Crippen molar-refractivity contribution in [1.29, 1.82) is 0 Å². The van der Waals surface area contributed by atoms with Crippen LogP contribution in [-0.4, -0.2) is 23.3 Å². The van der Waals surface area contributed by atoms with Crippen LogP contribution in [0.25, 0.3) is 0 Å². The molecule has 1 amide bonds. The number of halogens is 2. The van der Waals surface area contributed by atoms with Crippen molar-refractivity contribution in [3.05, 3.63) is 52.5 Å². The molecule has 2 aromatic rings. The Morgan fingerprint density at radius 2 is 1.76 bits per heavy atom. The molecule has 0 atom stereocenters. The zero-order valence-corrected chi connectivity index (χ0v) is 12.1. The van der Waals surface area contributed by atoms with Crippen LogP contribution in [0.15, 0.2) is 42.5 Å². The first kappa shape index (κ1) is 15.7. The second-order valence-electron chi connectivity index (χ2n) is 4.08. The molecular formula is C13H10BCl2NO4. The van der Waals surface area contributed by atoms with Crippen LogP contribution in [0.3, 0.4) is 0 Å². The lowest BCUT2D eigenvalue weighted by atomic mass is 9.80. The number of anilines is 1. The summed E-state index contributed by atoms with van der Waals surface area (Å²) in [6.45, 7) is 0. The average molecular weight is 326 g/mol. The second kappa shape index (κ2) is 6.82. The molecule has 0 fully saturated rings. The van der Waals surface area contributed by atoms with E-state index in [2.05, 4.69) is 5.32 Å². The third-order valence-corrected chi connectivity index (χ3v) is 3.14. The van der Waals surface area contributed by atoms with Gasteiger partial charge in [0.15, 0.2) is 0 Å². The molecule has 5 nitrogen and oxygen atoms in total. The monoisotopic (exact) mass is 325 g/mol. The summed E-state index contributed by atoms with van der Waals surface area (Å²) >= 11 is 11.5. The van der Waals surface area contributed by atoms with Gasteiger partial charge in [0, 0.05) is 21.2 Å².